The average molecular weight is 324 g/mol. The first-order chi connectivity index (χ1) is 11.6. The van der Waals surface area contributed by atoms with Crippen LogP contribution in [0.4, 0.5) is 0 Å². The zero-order valence-electron chi connectivity index (χ0n) is 14.6. The van der Waals surface area contributed by atoms with Crippen LogP contribution in [0.1, 0.15) is 51.1 Å². The largest absolute Gasteiger partial charge is 0.352 e. The van der Waals surface area contributed by atoms with Crippen molar-refractivity contribution in [2.45, 2.75) is 51.9 Å². The van der Waals surface area contributed by atoms with Crippen molar-refractivity contribution >= 4 is 5.91 Å². The summed E-state index contributed by atoms with van der Waals surface area (Å²) in [5.41, 5.74) is 2.70. The molecule has 1 heterocycles. The molecule has 4 fully saturated rings. The van der Waals surface area contributed by atoms with Crippen molar-refractivity contribution in [1.82, 2.24) is 10.3 Å². The highest BCUT2D eigenvalue weighted by atomic mass is 16.1. The zero-order valence-corrected chi connectivity index (χ0v) is 14.6. The third kappa shape index (κ3) is 3.13. The highest BCUT2D eigenvalue weighted by Crippen LogP contribution is 2.62. The molecule has 1 aromatic heterocycles. The molecule has 3 nitrogen and oxygen atoms in total. The Balaban J connectivity index is 1.35. The molecule has 5 rings (SSSR count). The van der Waals surface area contributed by atoms with Gasteiger partial charge in [-0.1, -0.05) is 11.6 Å². The molecule has 1 aromatic rings. The van der Waals surface area contributed by atoms with Gasteiger partial charge in [-0.25, -0.2) is 0 Å². The summed E-state index contributed by atoms with van der Waals surface area (Å²) in [4.78, 5) is 16.6. The van der Waals surface area contributed by atoms with E-state index >= 15 is 0 Å². The lowest BCUT2D eigenvalue weighted by Crippen LogP contribution is -2.46. The number of pyridine rings is 1. The van der Waals surface area contributed by atoms with Crippen molar-refractivity contribution in [3.05, 3.63) is 41.7 Å². The van der Waals surface area contributed by atoms with E-state index in [4.69, 9.17) is 0 Å². The van der Waals surface area contributed by atoms with E-state index in [9.17, 15) is 4.79 Å². The van der Waals surface area contributed by atoms with Gasteiger partial charge in [0.15, 0.2) is 0 Å². The fourth-order valence-corrected chi connectivity index (χ4v) is 5.85. The fraction of sp³-hybridized carbons (Fsp3) is 0.619. The SMILES string of the molecule is C/C(=C\C(=O)NCCc1ccccn1)C12CC3CC(CC(C3)C1)C2. The van der Waals surface area contributed by atoms with E-state index < -0.39 is 0 Å². The Kier molecular flexibility index (Phi) is 4.19. The van der Waals surface area contributed by atoms with Crippen LogP contribution in [0.25, 0.3) is 0 Å². The Morgan fingerprint density at radius 2 is 1.88 bits per heavy atom. The second-order valence-electron chi connectivity index (χ2n) is 8.39. The van der Waals surface area contributed by atoms with E-state index in [0.29, 0.717) is 12.0 Å². The van der Waals surface area contributed by atoms with Crippen LogP contribution < -0.4 is 5.32 Å². The lowest BCUT2D eigenvalue weighted by atomic mass is 9.48. The predicted octanol–water partition coefficient (Wildman–Crippen LogP) is 3.90. The number of carbonyl (C=O) groups excluding carboxylic acids is 1. The van der Waals surface area contributed by atoms with Crippen molar-refractivity contribution in [2.75, 3.05) is 6.54 Å². The smallest absolute Gasteiger partial charge is 0.243 e. The number of hydrogen-bond donors (Lipinski definition) is 1. The van der Waals surface area contributed by atoms with Crippen molar-refractivity contribution in [3.63, 3.8) is 0 Å². The predicted molar refractivity (Wildman–Crippen MR) is 95.3 cm³/mol. The summed E-state index contributed by atoms with van der Waals surface area (Å²) < 4.78 is 0. The minimum absolute atomic E-state index is 0.0687. The van der Waals surface area contributed by atoms with Crippen molar-refractivity contribution in [3.8, 4) is 0 Å². The van der Waals surface area contributed by atoms with Crippen LogP contribution in [0.15, 0.2) is 36.0 Å². The molecular formula is C21H28N2O. The number of nitrogens with zero attached hydrogens (tertiary/aromatic N) is 1. The highest BCUT2D eigenvalue weighted by Gasteiger charge is 2.51. The summed E-state index contributed by atoms with van der Waals surface area (Å²) in [6, 6.07) is 5.91. The minimum Gasteiger partial charge on any atom is -0.352 e. The summed E-state index contributed by atoms with van der Waals surface area (Å²) in [7, 11) is 0. The van der Waals surface area contributed by atoms with E-state index in [1.165, 1.54) is 44.1 Å². The first kappa shape index (κ1) is 15.9. The third-order valence-corrected chi connectivity index (χ3v) is 6.63. The van der Waals surface area contributed by atoms with E-state index in [2.05, 4.69) is 17.2 Å². The number of nitrogens with one attached hydrogen (secondary N) is 1. The standard InChI is InChI=1S/C21H28N2O/c1-15(8-20(24)23-7-5-19-4-2-3-6-22-19)21-12-16-9-17(13-21)11-18(10-16)14-21/h2-4,6,8,16-18H,5,7,9-14H2,1H3,(H,23,24)/b15-8+. The van der Waals surface area contributed by atoms with Gasteiger partial charge < -0.3 is 5.32 Å². The number of rotatable bonds is 5. The monoisotopic (exact) mass is 324 g/mol. The average Bonchev–Trinajstić information content (AvgIpc) is 2.54. The first-order valence-electron chi connectivity index (χ1n) is 9.49. The molecule has 0 radical (unpaired) electrons. The van der Waals surface area contributed by atoms with E-state index in [-0.39, 0.29) is 5.91 Å². The third-order valence-electron chi connectivity index (χ3n) is 6.63. The lowest BCUT2D eigenvalue weighted by molar-refractivity contribution is -0.116. The molecule has 4 saturated carbocycles. The number of amides is 1. The van der Waals surface area contributed by atoms with Crippen molar-refractivity contribution in [2.24, 2.45) is 23.2 Å². The molecule has 0 spiro atoms. The molecule has 0 saturated heterocycles. The van der Waals surface area contributed by atoms with Crippen LogP contribution in [-0.2, 0) is 11.2 Å². The first-order valence-corrected chi connectivity index (χ1v) is 9.49. The molecule has 0 aromatic carbocycles. The molecule has 0 aliphatic heterocycles. The zero-order chi connectivity index (χ0) is 16.6. The van der Waals surface area contributed by atoms with Gasteiger partial charge in [0.25, 0.3) is 0 Å². The van der Waals surface area contributed by atoms with E-state index in [1.807, 2.05) is 24.3 Å². The Bertz CT molecular complexity index is 599. The van der Waals surface area contributed by atoms with Crippen LogP contribution in [-0.4, -0.2) is 17.4 Å². The van der Waals surface area contributed by atoms with Gasteiger partial charge in [0.2, 0.25) is 5.91 Å². The Morgan fingerprint density at radius 1 is 1.21 bits per heavy atom. The molecule has 24 heavy (non-hydrogen) atoms. The maximum Gasteiger partial charge on any atom is 0.243 e. The molecule has 0 unspecified atom stereocenters. The molecule has 128 valence electrons. The van der Waals surface area contributed by atoms with Gasteiger partial charge in [0, 0.05) is 30.9 Å². The normalized spacial score (nSPS) is 34.4. The number of allylic oxidation sites excluding steroid dienone is 1. The second-order valence-corrected chi connectivity index (χ2v) is 8.39. The van der Waals surface area contributed by atoms with Crippen LogP contribution in [0.2, 0.25) is 0 Å². The summed E-state index contributed by atoms with van der Waals surface area (Å²) in [5, 5.41) is 3.04. The molecule has 4 aliphatic rings. The molecule has 0 atom stereocenters. The van der Waals surface area contributed by atoms with Gasteiger partial charge in [-0.2, -0.15) is 0 Å². The van der Waals surface area contributed by atoms with Crippen LogP contribution >= 0.6 is 0 Å². The van der Waals surface area contributed by atoms with Crippen molar-refractivity contribution in [1.29, 1.82) is 0 Å². The van der Waals surface area contributed by atoms with Crippen LogP contribution in [0.5, 0.6) is 0 Å². The minimum atomic E-state index is 0.0687. The molecule has 4 bridgehead atoms. The lowest BCUT2D eigenvalue weighted by Gasteiger charge is -2.57. The molecular weight excluding hydrogens is 296 g/mol. The van der Waals surface area contributed by atoms with E-state index in [0.717, 1.165) is 29.9 Å². The maximum absolute atomic E-state index is 12.3. The Labute approximate surface area is 144 Å². The number of hydrogen-bond acceptors (Lipinski definition) is 2. The number of aromatic nitrogens is 1. The Hall–Kier alpha value is -1.64. The molecule has 1 N–H and O–H groups in total. The highest BCUT2D eigenvalue weighted by molar-refractivity contribution is 5.88. The topological polar surface area (TPSA) is 42.0 Å². The van der Waals surface area contributed by atoms with Gasteiger partial charge in [0.05, 0.1) is 0 Å². The number of carbonyl (C=O) groups is 1. The molecule has 1 amide bonds. The van der Waals surface area contributed by atoms with Gasteiger partial charge in [-0.3, -0.25) is 9.78 Å². The summed E-state index contributed by atoms with van der Waals surface area (Å²) in [6.45, 7) is 2.85. The maximum atomic E-state index is 12.3. The molecule has 4 aliphatic carbocycles. The summed E-state index contributed by atoms with van der Waals surface area (Å²) >= 11 is 0. The quantitative estimate of drug-likeness (QED) is 0.835. The fourth-order valence-electron chi connectivity index (χ4n) is 5.85. The van der Waals surface area contributed by atoms with Gasteiger partial charge in [-0.15, -0.1) is 0 Å². The molecule has 3 heteroatoms. The van der Waals surface area contributed by atoms with Crippen LogP contribution in [0.3, 0.4) is 0 Å². The summed E-state index contributed by atoms with van der Waals surface area (Å²) in [6.07, 6.45) is 12.8. The van der Waals surface area contributed by atoms with Gasteiger partial charge in [-0.05, 0) is 80.8 Å². The summed E-state index contributed by atoms with van der Waals surface area (Å²) in [5.74, 6) is 2.84. The van der Waals surface area contributed by atoms with E-state index in [1.54, 1.807) is 6.20 Å². The second kappa shape index (κ2) is 6.34. The Morgan fingerprint density at radius 3 is 2.46 bits per heavy atom. The van der Waals surface area contributed by atoms with Crippen LogP contribution in [0, 0.1) is 23.2 Å². The van der Waals surface area contributed by atoms with Crippen molar-refractivity contribution < 1.29 is 4.79 Å². The van der Waals surface area contributed by atoms with Gasteiger partial charge in [0.1, 0.15) is 0 Å². The van der Waals surface area contributed by atoms with Gasteiger partial charge >= 0.3 is 0 Å².